The summed E-state index contributed by atoms with van der Waals surface area (Å²) in [6.07, 6.45) is 8.73. The summed E-state index contributed by atoms with van der Waals surface area (Å²) >= 11 is 5.85. The van der Waals surface area contributed by atoms with E-state index in [0.717, 1.165) is 30.8 Å². The summed E-state index contributed by atoms with van der Waals surface area (Å²) in [5.41, 5.74) is 9.03. The molecule has 1 amide bonds. The highest BCUT2D eigenvalue weighted by Crippen LogP contribution is 2.23. The molecule has 0 spiro atoms. The van der Waals surface area contributed by atoms with Gasteiger partial charge in [-0.2, -0.15) is 5.10 Å². The number of piperidine rings is 1. The van der Waals surface area contributed by atoms with Gasteiger partial charge in [0.2, 0.25) is 5.91 Å². The first-order valence-corrected chi connectivity index (χ1v) is 11.9. The van der Waals surface area contributed by atoms with Gasteiger partial charge in [-0.05, 0) is 43.2 Å². The summed E-state index contributed by atoms with van der Waals surface area (Å²) in [7, 11) is 1.81. The van der Waals surface area contributed by atoms with Crippen LogP contribution in [0.4, 0.5) is 5.82 Å². The number of nitrogens with two attached hydrogens (primary N) is 2. The fraction of sp³-hybridized carbons (Fsp3) is 0.240. The first-order valence-electron chi connectivity index (χ1n) is 11.5. The zero-order valence-corrected chi connectivity index (χ0v) is 21.2. The molecule has 11 nitrogen and oxygen atoms in total. The van der Waals surface area contributed by atoms with Crippen molar-refractivity contribution < 1.29 is 9.59 Å². The molecule has 6 N–H and O–H groups in total. The van der Waals surface area contributed by atoms with Crippen LogP contribution in [0.3, 0.4) is 0 Å². The van der Waals surface area contributed by atoms with E-state index >= 15 is 0 Å². The van der Waals surface area contributed by atoms with Crippen molar-refractivity contribution in [3.8, 4) is 11.4 Å². The average molecular weight is 524 g/mol. The van der Waals surface area contributed by atoms with Crippen LogP contribution in [0.1, 0.15) is 28.9 Å². The van der Waals surface area contributed by atoms with Crippen LogP contribution in [0.25, 0.3) is 17.1 Å². The zero-order chi connectivity index (χ0) is 26.8. The number of anilines is 1. The molecule has 37 heavy (non-hydrogen) atoms. The van der Waals surface area contributed by atoms with E-state index in [9.17, 15) is 9.59 Å². The molecule has 1 fully saturated rings. The van der Waals surface area contributed by atoms with E-state index < -0.39 is 0 Å². The Labute approximate surface area is 220 Å². The van der Waals surface area contributed by atoms with Gasteiger partial charge in [0, 0.05) is 38.1 Å². The van der Waals surface area contributed by atoms with Gasteiger partial charge in [0.05, 0.1) is 28.7 Å². The Balaban J connectivity index is 0.000000231. The number of nitrogens with zero attached hydrogens (tertiary/aromatic N) is 5. The SMILES string of the molecule is C=CC(=O)N1CCCC(N(N)/C=C(\N)c2ccc(NC)nc2)C1.O=Cc1cccc(-c2[nH]ncc2Cl)n1. The number of likely N-dealkylation sites (tertiary alicyclic amines) is 1. The molecule has 4 rings (SSSR count). The quantitative estimate of drug-likeness (QED) is 0.158. The molecular formula is C25H30ClN9O2. The average Bonchev–Trinajstić information content (AvgIpc) is 3.38. The second kappa shape index (κ2) is 13.2. The number of pyridine rings is 2. The second-order valence-corrected chi connectivity index (χ2v) is 8.56. The summed E-state index contributed by atoms with van der Waals surface area (Å²) in [5, 5.41) is 11.5. The molecule has 3 aromatic heterocycles. The summed E-state index contributed by atoms with van der Waals surface area (Å²) in [4.78, 5) is 32.3. The lowest BCUT2D eigenvalue weighted by Gasteiger charge is -2.36. The molecule has 0 aromatic carbocycles. The molecule has 1 aliphatic heterocycles. The van der Waals surface area contributed by atoms with Crippen LogP contribution in [0.15, 0.2) is 61.6 Å². The molecule has 1 unspecified atom stereocenters. The fourth-order valence-electron chi connectivity index (χ4n) is 3.69. The van der Waals surface area contributed by atoms with E-state index in [0.29, 0.717) is 40.6 Å². The van der Waals surface area contributed by atoms with Crippen molar-refractivity contribution in [2.24, 2.45) is 11.6 Å². The number of hydrogen-bond acceptors (Lipinski definition) is 9. The Bertz CT molecular complexity index is 1240. The maximum absolute atomic E-state index is 11.7. The number of halogens is 1. The lowest BCUT2D eigenvalue weighted by molar-refractivity contribution is -0.127. The minimum atomic E-state index is -0.0631. The van der Waals surface area contributed by atoms with Crippen molar-refractivity contribution in [2.75, 3.05) is 25.5 Å². The Morgan fingerprint density at radius 3 is 2.76 bits per heavy atom. The Kier molecular flexibility index (Phi) is 9.76. The second-order valence-electron chi connectivity index (χ2n) is 8.16. The first kappa shape index (κ1) is 27.4. The van der Waals surface area contributed by atoms with Crippen molar-refractivity contribution in [2.45, 2.75) is 18.9 Å². The maximum atomic E-state index is 11.7. The Morgan fingerprint density at radius 1 is 1.32 bits per heavy atom. The van der Waals surface area contributed by atoms with Crippen LogP contribution in [0.5, 0.6) is 0 Å². The van der Waals surface area contributed by atoms with E-state index in [2.05, 4.69) is 32.1 Å². The molecule has 1 atom stereocenters. The van der Waals surface area contributed by atoms with Gasteiger partial charge in [-0.15, -0.1) is 0 Å². The number of rotatable bonds is 7. The summed E-state index contributed by atoms with van der Waals surface area (Å²) < 4.78 is 0. The minimum absolute atomic E-state index is 0.0377. The van der Waals surface area contributed by atoms with E-state index in [1.165, 1.54) is 12.3 Å². The monoisotopic (exact) mass is 523 g/mol. The normalized spacial score (nSPS) is 15.3. The summed E-state index contributed by atoms with van der Waals surface area (Å²) in [5.74, 6) is 6.84. The van der Waals surface area contributed by atoms with Gasteiger partial charge in [0.15, 0.2) is 6.29 Å². The smallest absolute Gasteiger partial charge is 0.246 e. The molecule has 4 heterocycles. The van der Waals surface area contributed by atoms with Gasteiger partial charge in [-0.3, -0.25) is 14.7 Å². The highest BCUT2D eigenvalue weighted by Gasteiger charge is 2.24. The number of aromatic amines is 1. The molecule has 194 valence electrons. The van der Waals surface area contributed by atoms with Gasteiger partial charge in [-0.25, -0.2) is 15.8 Å². The number of nitrogens with one attached hydrogen (secondary N) is 2. The third-order valence-corrected chi connectivity index (χ3v) is 5.97. The van der Waals surface area contributed by atoms with Crippen molar-refractivity contribution in [1.82, 2.24) is 30.1 Å². The van der Waals surface area contributed by atoms with Crippen LogP contribution in [-0.2, 0) is 4.79 Å². The zero-order valence-electron chi connectivity index (χ0n) is 20.5. The number of hydrogen-bond donors (Lipinski definition) is 4. The standard InChI is InChI=1S/C16H24N6O.C9H6ClN3O/c1-3-16(23)21-8-4-5-13(10-21)22(18)11-14(17)12-6-7-15(19-2)20-9-12;10-7-4-11-13-9(7)8-3-1-2-6(5-14)12-8/h3,6-7,9,11,13H,1,4-5,8,10,17-18H2,2H3,(H,19,20);1-5H,(H,11,13)/b14-11-;. The van der Waals surface area contributed by atoms with E-state index in [1.54, 1.807) is 40.5 Å². The largest absolute Gasteiger partial charge is 0.397 e. The third kappa shape index (κ3) is 7.38. The van der Waals surface area contributed by atoms with Gasteiger partial charge in [0.1, 0.15) is 17.2 Å². The van der Waals surface area contributed by atoms with Gasteiger partial charge in [0.25, 0.3) is 0 Å². The number of hydrazine groups is 1. The topological polar surface area (TPSA) is 159 Å². The summed E-state index contributed by atoms with van der Waals surface area (Å²) in [6.45, 7) is 4.84. The van der Waals surface area contributed by atoms with Crippen molar-refractivity contribution in [3.05, 3.63) is 77.9 Å². The van der Waals surface area contributed by atoms with Crippen LogP contribution in [-0.4, -0.2) is 68.4 Å². The molecule has 0 radical (unpaired) electrons. The summed E-state index contributed by atoms with van der Waals surface area (Å²) in [6, 6.07) is 8.89. The molecule has 12 heteroatoms. The van der Waals surface area contributed by atoms with Crippen LogP contribution in [0.2, 0.25) is 5.02 Å². The van der Waals surface area contributed by atoms with E-state index in [4.69, 9.17) is 23.2 Å². The predicted octanol–water partition coefficient (Wildman–Crippen LogP) is 2.67. The molecule has 1 aliphatic rings. The number of aromatic nitrogens is 4. The molecule has 0 aliphatic carbocycles. The number of aldehydes is 1. The number of amides is 1. The third-order valence-electron chi connectivity index (χ3n) is 5.69. The lowest BCUT2D eigenvalue weighted by Crippen LogP contribution is -2.50. The number of H-pyrrole nitrogens is 1. The van der Waals surface area contributed by atoms with Crippen LogP contribution < -0.4 is 16.9 Å². The molecular weight excluding hydrogens is 494 g/mol. The highest BCUT2D eigenvalue weighted by atomic mass is 35.5. The Hall–Kier alpha value is -4.22. The lowest BCUT2D eigenvalue weighted by atomic mass is 10.1. The van der Waals surface area contributed by atoms with Gasteiger partial charge in [-0.1, -0.05) is 24.2 Å². The number of carbonyl (C=O) groups excluding carboxylic acids is 2. The van der Waals surface area contributed by atoms with Crippen molar-refractivity contribution in [3.63, 3.8) is 0 Å². The molecule has 3 aromatic rings. The van der Waals surface area contributed by atoms with Crippen molar-refractivity contribution >= 4 is 35.3 Å². The fourth-order valence-corrected chi connectivity index (χ4v) is 3.88. The number of carbonyl (C=O) groups is 2. The maximum Gasteiger partial charge on any atom is 0.246 e. The molecule has 1 saturated heterocycles. The molecule has 0 saturated carbocycles. The van der Waals surface area contributed by atoms with E-state index in [-0.39, 0.29) is 11.9 Å². The minimum Gasteiger partial charge on any atom is -0.397 e. The molecule has 0 bridgehead atoms. The van der Waals surface area contributed by atoms with E-state index in [1.807, 2.05) is 19.2 Å². The van der Waals surface area contributed by atoms with Gasteiger partial charge >= 0.3 is 0 Å². The van der Waals surface area contributed by atoms with Crippen LogP contribution >= 0.6 is 11.6 Å². The van der Waals surface area contributed by atoms with Gasteiger partial charge < -0.3 is 21.0 Å². The van der Waals surface area contributed by atoms with Crippen molar-refractivity contribution in [1.29, 1.82) is 0 Å². The predicted molar refractivity (Wildman–Crippen MR) is 144 cm³/mol. The Morgan fingerprint density at radius 2 is 2.14 bits per heavy atom. The van der Waals surface area contributed by atoms with Crippen LogP contribution in [0, 0.1) is 0 Å². The highest BCUT2D eigenvalue weighted by molar-refractivity contribution is 6.32. The first-order chi connectivity index (χ1) is 17.9.